The first-order chi connectivity index (χ1) is 14.3. The van der Waals surface area contributed by atoms with Gasteiger partial charge in [0.15, 0.2) is 4.32 Å². The molecule has 2 amide bonds. The topological polar surface area (TPSA) is 111 Å². The number of rotatable bonds is 6. The molecule has 1 heterocycles. The average Bonchev–Trinajstić information content (AvgIpc) is 3.01. The van der Waals surface area contributed by atoms with E-state index in [2.05, 4.69) is 5.43 Å². The Labute approximate surface area is 180 Å². The van der Waals surface area contributed by atoms with Gasteiger partial charge in [0.2, 0.25) is 0 Å². The molecule has 0 radical (unpaired) electrons. The summed E-state index contributed by atoms with van der Waals surface area (Å²) in [5.41, 5.74) is 3.04. The second kappa shape index (κ2) is 8.93. The molecule has 1 aliphatic rings. The van der Waals surface area contributed by atoms with Crippen molar-refractivity contribution in [3.05, 3.63) is 68.6 Å². The maximum absolute atomic E-state index is 12.8. The average molecular weight is 445 g/mol. The van der Waals surface area contributed by atoms with Crippen LogP contribution in [0.5, 0.6) is 11.5 Å². The van der Waals surface area contributed by atoms with Crippen molar-refractivity contribution in [2.24, 2.45) is 0 Å². The minimum absolute atomic E-state index is 0.142. The summed E-state index contributed by atoms with van der Waals surface area (Å²) in [6, 6.07) is 10.1. The lowest BCUT2D eigenvalue weighted by molar-refractivity contribution is -0.384. The van der Waals surface area contributed by atoms with E-state index in [1.54, 1.807) is 24.3 Å². The lowest BCUT2D eigenvalue weighted by atomic mass is 10.1. The molecule has 3 rings (SSSR count). The lowest BCUT2D eigenvalue weighted by Gasteiger charge is -2.15. The van der Waals surface area contributed by atoms with E-state index in [1.807, 2.05) is 0 Å². The fourth-order valence-corrected chi connectivity index (χ4v) is 3.73. The zero-order valence-electron chi connectivity index (χ0n) is 15.8. The minimum atomic E-state index is -0.624. The number of hydrazine groups is 1. The standard InChI is InChI=1S/C19H15N3O6S2/c1-27-14-7-8-15(28-2)12(9-14)10-16-18(24)21(19(29)30-16)20-17(23)11-3-5-13(6-4-11)22(25)26/h3-10H,1-2H3,(H,20,23)/b16-10-. The molecular formula is C19H15N3O6S2. The van der Waals surface area contributed by atoms with Crippen molar-refractivity contribution in [1.82, 2.24) is 10.4 Å². The summed E-state index contributed by atoms with van der Waals surface area (Å²) in [6.07, 6.45) is 1.60. The number of thiocarbonyl (C=S) groups is 1. The summed E-state index contributed by atoms with van der Waals surface area (Å²) in [7, 11) is 3.04. The fraction of sp³-hybridized carbons (Fsp3) is 0.105. The molecule has 2 aromatic rings. The number of thioether (sulfide) groups is 1. The van der Waals surface area contributed by atoms with Crippen LogP contribution in [0.2, 0.25) is 0 Å². The van der Waals surface area contributed by atoms with Gasteiger partial charge >= 0.3 is 0 Å². The van der Waals surface area contributed by atoms with Crippen molar-refractivity contribution in [2.45, 2.75) is 0 Å². The van der Waals surface area contributed by atoms with Gasteiger partial charge in [-0.25, -0.2) is 0 Å². The highest BCUT2D eigenvalue weighted by molar-refractivity contribution is 8.26. The monoisotopic (exact) mass is 445 g/mol. The van der Waals surface area contributed by atoms with E-state index in [0.29, 0.717) is 17.1 Å². The van der Waals surface area contributed by atoms with E-state index in [1.165, 1.54) is 38.5 Å². The zero-order chi connectivity index (χ0) is 21.8. The van der Waals surface area contributed by atoms with Gasteiger partial charge in [-0.2, -0.15) is 5.01 Å². The predicted octanol–water partition coefficient (Wildman–Crippen LogP) is 3.16. The molecule has 1 fully saturated rings. The van der Waals surface area contributed by atoms with Gasteiger partial charge in [-0.3, -0.25) is 25.1 Å². The number of nitro benzene ring substituents is 1. The van der Waals surface area contributed by atoms with Crippen LogP contribution in [0.3, 0.4) is 0 Å². The van der Waals surface area contributed by atoms with Gasteiger partial charge in [-0.1, -0.05) is 11.8 Å². The highest BCUT2D eigenvalue weighted by atomic mass is 32.2. The second-order valence-corrected chi connectivity index (χ2v) is 7.55. The molecule has 11 heteroatoms. The van der Waals surface area contributed by atoms with Crippen molar-refractivity contribution in [1.29, 1.82) is 0 Å². The smallest absolute Gasteiger partial charge is 0.285 e. The van der Waals surface area contributed by atoms with Gasteiger partial charge in [0.1, 0.15) is 11.5 Å². The Bertz CT molecular complexity index is 1070. The number of amides is 2. The van der Waals surface area contributed by atoms with Crippen LogP contribution in [0.1, 0.15) is 15.9 Å². The lowest BCUT2D eigenvalue weighted by Crippen LogP contribution is -2.44. The minimum Gasteiger partial charge on any atom is -0.497 e. The molecule has 0 bridgehead atoms. The molecule has 9 nitrogen and oxygen atoms in total. The number of nitrogens with zero attached hydrogens (tertiary/aromatic N) is 2. The Morgan fingerprint density at radius 1 is 1.20 bits per heavy atom. The van der Waals surface area contributed by atoms with E-state index in [-0.39, 0.29) is 20.5 Å². The molecular weight excluding hydrogens is 430 g/mol. The van der Waals surface area contributed by atoms with Gasteiger partial charge in [-0.15, -0.1) is 0 Å². The molecule has 0 unspecified atom stereocenters. The van der Waals surface area contributed by atoms with Crippen LogP contribution < -0.4 is 14.9 Å². The number of benzene rings is 2. The molecule has 1 saturated heterocycles. The van der Waals surface area contributed by atoms with Crippen LogP contribution in [0.15, 0.2) is 47.4 Å². The number of nitrogens with one attached hydrogen (secondary N) is 1. The number of carbonyl (C=O) groups excluding carboxylic acids is 2. The van der Waals surface area contributed by atoms with Crippen molar-refractivity contribution in [3.8, 4) is 11.5 Å². The number of non-ortho nitro benzene ring substituents is 1. The maximum Gasteiger partial charge on any atom is 0.285 e. The van der Waals surface area contributed by atoms with Gasteiger partial charge in [0.05, 0.1) is 24.0 Å². The Morgan fingerprint density at radius 3 is 2.50 bits per heavy atom. The SMILES string of the molecule is COc1ccc(OC)c(/C=C2\SC(=S)N(NC(=O)c3ccc([N+](=O)[O-])cc3)C2=O)c1. The maximum atomic E-state index is 12.8. The number of nitro groups is 1. The highest BCUT2D eigenvalue weighted by Crippen LogP contribution is 2.34. The third kappa shape index (κ3) is 4.42. The number of ether oxygens (including phenoxy) is 2. The molecule has 2 aromatic carbocycles. The molecule has 0 aromatic heterocycles. The molecule has 0 aliphatic carbocycles. The summed E-state index contributed by atoms with van der Waals surface area (Å²) in [5.74, 6) is -0.00784. The van der Waals surface area contributed by atoms with Crippen molar-refractivity contribution in [2.75, 3.05) is 14.2 Å². The highest BCUT2D eigenvalue weighted by Gasteiger charge is 2.34. The molecule has 0 atom stereocenters. The van der Waals surface area contributed by atoms with Crippen molar-refractivity contribution < 1.29 is 24.0 Å². The van der Waals surface area contributed by atoms with Gasteiger partial charge in [-0.05, 0) is 48.6 Å². The normalized spacial score (nSPS) is 14.7. The first-order valence-corrected chi connectivity index (χ1v) is 9.62. The van der Waals surface area contributed by atoms with E-state index in [0.717, 1.165) is 16.8 Å². The molecule has 0 spiro atoms. The Morgan fingerprint density at radius 2 is 1.90 bits per heavy atom. The third-order valence-electron chi connectivity index (χ3n) is 4.07. The van der Waals surface area contributed by atoms with Crippen LogP contribution in [0.25, 0.3) is 6.08 Å². The Hall–Kier alpha value is -3.44. The first kappa shape index (κ1) is 21.3. The second-order valence-electron chi connectivity index (χ2n) is 5.87. The van der Waals surface area contributed by atoms with Crippen LogP contribution in [0.4, 0.5) is 5.69 Å². The van der Waals surface area contributed by atoms with E-state index < -0.39 is 16.7 Å². The summed E-state index contributed by atoms with van der Waals surface area (Å²) >= 11 is 6.23. The quantitative estimate of drug-likeness (QED) is 0.312. The molecule has 1 N–H and O–H groups in total. The van der Waals surface area contributed by atoms with Gasteiger partial charge in [0.25, 0.3) is 17.5 Å². The summed E-state index contributed by atoms with van der Waals surface area (Å²) in [5, 5.41) is 11.7. The predicted molar refractivity (Wildman–Crippen MR) is 115 cm³/mol. The number of hydrogen-bond donors (Lipinski definition) is 1. The number of carbonyl (C=O) groups is 2. The first-order valence-electron chi connectivity index (χ1n) is 8.39. The molecule has 154 valence electrons. The van der Waals surface area contributed by atoms with Crippen molar-refractivity contribution in [3.63, 3.8) is 0 Å². The van der Waals surface area contributed by atoms with Crippen LogP contribution in [-0.2, 0) is 4.79 Å². The van der Waals surface area contributed by atoms with Crippen LogP contribution in [-0.4, -0.2) is 40.3 Å². The number of hydrogen-bond acceptors (Lipinski definition) is 8. The fourth-order valence-electron chi connectivity index (χ4n) is 2.56. The Kier molecular flexibility index (Phi) is 6.33. The summed E-state index contributed by atoms with van der Waals surface area (Å²) in [4.78, 5) is 35.6. The van der Waals surface area contributed by atoms with E-state index >= 15 is 0 Å². The Balaban J connectivity index is 1.80. The van der Waals surface area contributed by atoms with Gasteiger partial charge in [0, 0.05) is 23.3 Å². The van der Waals surface area contributed by atoms with Crippen molar-refractivity contribution >= 4 is 51.9 Å². The largest absolute Gasteiger partial charge is 0.497 e. The van der Waals surface area contributed by atoms with Gasteiger partial charge < -0.3 is 9.47 Å². The third-order valence-corrected chi connectivity index (χ3v) is 5.37. The van der Waals surface area contributed by atoms with Crippen LogP contribution in [0, 0.1) is 10.1 Å². The van der Waals surface area contributed by atoms with E-state index in [9.17, 15) is 19.7 Å². The number of methoxy groups -OCH3 is 2. The van der Waals surface area contributed by atoms with E-state index in [4.69, 9.17) is 21.7 Å². The molecule has 1 aliphatic heterocycles. The molecule has 30 heavy (non-hydrogen) atoms. The van der Waals surface area contributed by atoms with Crippen LogP contribution >= 0.6 is 24.0 Å². The summed E-state index contributed by atoms with van der Waals surface area (Å²) in [6.45, 7) is 0. The molecule has 0 saturated carbocycles. The zero-order valence-corrected chi connectivity index (χ0v) is 17.4. The summed E-state index contributed by atoms with van der Waals surface area (Å²) < 4.78 is 10.7.